The molecule has 0 spiro atoms. The molecule has 0 amide bonds. The number of nitrogens with one attached hydrogen (secondary N) is 1. The highest BCUT2D eigenvalue weighted by molar-refractivity contribution is 5.48. The predicted molar refractivity (Wildman–Crippen MR) is 85.3 cm³/mol. The largest absolute Gasteiger partial charge is 0.393 e. The zero-order valence-electron chi connectivity index (χ0n) is 12.9. The van der Waals surface area contributed by atoms with Crippen LogP contribution in [0.1, 0.15) is 38.5 Å². The van der Waals surface area contributed by atoms with Gasteiger partial charge in [-0.05, 0) is 42.6 Å². The number of nitro groups is 1. The van der Waals surface area contributed by atoms with Crippen molar-refractivity contribution in [3.8, 4) is 0 Å². The lowest BCUT2D eigenvalue weighted by Crippen LogP contribution is -2.24. The van der Waals surface area contributed by atoms with Gasteiger partial charge in [0.15, 0.2) is 5.82 Å². The van der Waals surface area contributed by atoms with E-state index in [4.69, 9.17) is 0 Å². The average molecular weight is 319 g/mol. The summed E-state index contributed by atoms with van der Waals surface area (Å²) in [6.07, 6.45) is 7.33. The first-order valence-electron chi connectivity index (χ1n) is 8.06. The van der Waals surface area contributed by atoms with Crippen LogP contribution in [0.15, 0.2) is 18.3 Å². The van der Waals surface area contributed by atoms with Gasteiger partial charge < -0.3 is 20.5 Å². The van der Waals surface area contributed by atoms with Crippen molar-refractivity contribution in [3.63, 3.8) is 0 Å². The minimum absolute atomic E-state index is 0.144. The molecule has 1 fully saturated rings. The average Bonchev–Trinajstić information content (AvgIpc) is 2.96. The van der Waals surface area contributed by atoms with Crippen LogP contribution in [0.5, 0.6) is 0 Å². The highest BCUT2D eigenvalue weighted by Gasteiger charge is 2.22. The number of aromatic nitrogens is 3. The van der Waals surface area contributed by atoms with Crippen molar-refractivity contribution in [1.82, 2.24) is 14.6 Å². The fraction of sp³-hybridized carbons (Fsp3) is 0.600. The highest BCUT2D eigenvalue weighted by Crippen LogP contribution is 2.27. The summed E-state index contributed by atoms with van der Waals surface area (Å²) in [7, 11) is 0. The first kappa shape index (κ1) is 15.7. The Kier molecular flexibility index (Phi) is 4.71. The van der Waals surface area contributed by atoms with Gasteiger partial charge in [0.05, 0.1) is 6.10 Å². The number of rotatable bonds is 6. The molecule has 0 radical (unpaired) electrons. The van der Waals surface area contributed by atoms with Gasteiger partial charge in [-0.3, -0.25) is 0 Å². The summed E-state index contributed by atoms with van der Waals surface area (Å²) in [5, 5.41) is 28.3. The second-order valence-electron chi connectivity index (χ2n) is 6.04. The van der Waals surface area contributed by atoms with E-state index in [0.29, 0.717) is 17.4 Å². The zero-order chi connectivity index (χ0) is 16.2. The first-order chi connectivity index (χ1) is 11.1. The van der Waals surface area contributed by atoms with E-state index in [1.165, 1.54) is 17.1 Å². The van der Waals surface area contributed by atoms with Gasteiger partial charge in [-0.15, -0.1) is 0 Å². The molecule has 124 valence electrons. The van der Waals surface area contributed by atoms with Gasteiger partial charge in [0.25, 0.3) is 0 Å². The van der Waals surface area contributed by atoms with Crippen molar-refractivity contribution < 1.29 is 10.0 Å². The summed E-state index contributed by atoms with van der Waals surface area (Å²) in [6, 6.07) is 3.47. The van der Waals surface area contributed by atoms with E-state index in [2.05, 4.69) is 15.4 Å². The van der Waals surface area contributed by atoms with Crippen LogP contribution < -0.4 is 5.32 Å². The van der Waals surface area contributed by atoms with Gasteiger partial charge in [-0.2, -0.15) is 0 Å². The van der Waals surface area contributed by atoms with E-state index in [1.54, 1.807) is 12.1 Å². The summed E-state index contributed by atoms with van der Waals surface area (Å²) in [4.78, 5) is 14.4. The Morgan fingerprint density at radius 3 is 3.00 bits per heavy atom. The van der Waals surface area contributed by atoms with Crippen molar-refractivity contribution in [2.24, 2.45) is 5.92 Å². The summed E-state index contributed by atoms with van der Waals surface area (Å²) in [5.74, 6) is 0.840. The molecule has 2 heterocycles. The third-order valence-corrected chi connectivity index (χ3v) is 4.46. The molecule has 0 bridgehead atoms. The predicted octanol–water partition coefficient (Wildman–Crippen LogP) is 2.38. The molecule has 0 saturated heterocycles. The van der Waals surface area contributed by atoms with Gasteiger partial charge in [0, 0.05) is 12.6 Å². The Morgan fingerprint density at radius 2 is 2.22 bits per heavy atom. The zero-order valence-corrected chi connectivity index (χ0v) is 12.9. The van der Waals surface area contributed by atoms with E-state index >= 15 is 0 Å². The lowest BCUT2D eigenvalue weighted by molar-refractivity contribution is -0.391. The highest BCUT2D eigenvalue weighted by atomic mass is 16.6. The van der Waals surface area contributed by atoms with E-state index in [0.717, 1.165) is 38.6 Å². The van der Waals surface area contributed by atoms with Gasteiger partial charge in [0.2, 0.25) is 5.65 Å². The Morgan fingerprint density at radius 1 is 1.39 bits per heavy atom. The fourth-order valence-electron chi connectivity index (χ4n) is 3.19. The van der Waals surface area contributed by atoms with Crippen LogP contribution in [0.2, 0.25) is 0 Å². The molecule has 0 aliphatic heterocycles. The maximum absolute atomic E-state index is 10.9. The molecule has 2 aromatic rings. The Labute approximate surface area is 133 Å². The number of aliphatic hydroxyl groups is 1. The van der Waals surface area contributed by atoms with Crippen molar-refractivity contribution in [2.75, 3.05) is 11.9 Å². The summed E-state index contributed by atoms with van der Waals surface area (Å²) in [6.45, 7) is 0.726. The van der Waals surface area contributed by atoms with Crippen molar-refractivity contribution in [1.29, 1.82) is 0 Å². The molecule has 3 rings (SSSR count). The number of nitrogens with zero attached hydrogens (tertiary/aromatic N) is 4. The van der Waals surface area contributed by atoms with Crippen LogP contribution in [0, 0.1) is 16.0 Å². The van der Waals surface area contributed by atoms with E-state index in [1.807, 2.05) is 0 Å². The van der Waals surface area contributed by atoms with Crippen LogP contribution in [0.3, 0.4) is 0 Å². The molecule has 2 aromatic heterocycles. The van der Waals surface area contributed by atoms with Crippen LogP contribution in [-0.2, 0) is 0 Å². The van der Waals surface area contributed by atoms with Crippen LogP contribution in [0.4, 0.5) is 11.6 Å². The summed E-state index contributed by atoms with van der Waals surface area (Å²) < 4.78 is 1.23. The third kappa shape index (κ3) is 3.58. The first-order valence-corrected chi connectivity index (χ1v) is 8.06. The minimum Gasteiger partial charge on any atom is -0.393 e. The number of hydrogen-bond donors (Lipinski definition) is 2. The Hall–Kier alpha value is -2.22. The quantitative estimate of drug-likeness (QED) is 0.481. The fourth-order valence-corrected chi connectivity index (χ4v) is 3.19. The van der Waals surface area contributed by atoms with Crippen LogP contribution in [-0.4, -0.2) is 37.3 Å². The maximum Gasteiger partial charge on any atom is 0.368 e. The molecule has 8 heteroatoms. The SMILES string of the molecule is O=[N+]([O-])c1cnc2ccc(NCCCC3CCCCC3O)nn12. The Balaban J connectivity index is 1.55. The van der Waals surface area contributed by atoms with Gasteiger partial charge in [-0.25, -0.2) is 4.98 Å². The lowest BCUT2D eigenvalue weighted by atomic mass is 9.83. The van der Waals surface area contributed by atoms with Gasteiger partial charge in [-0.1, -0.05) is 22.5 Å². The van der Waals surface area contributed by atoms with Crippen molar-refractivity contribution in [2.45, 2.75) is 44.6 Å². The molecule has 1 aliphatic rings. The van der Waals surface area contributed by atoms with Gasteiger partial charge in [0.1, 0.15) is 6.20 Å². The van der Waals surface area contributed by atoms with Crippen LogP contribution in [0.25, 0.3) is 5.65 Å². The summed E-state index contributed by atoms with van der Waals surface area (Å²) >= 11 is 0. The normalized spacial score (nSPS) is 21.4. The smallest absolute Gasteiger partial charge is 0.368 e. The molecule has 0 aromatic carbocycles. The molecule has 2 unspecified atom stereocenters. The molecular formula is C15H21N5O3. The number of hydrogen-bond acceptors (Lipinski definition) is 6. The van der Waals surface area contributed by atoms with Gasteiger partial charge >= 0.3 is 5.82 Å². The topological polar surface area (TPSA) is 106 Å². The van der Waals surface area contributed by atoms with Crippen LogP contribution >= 0.6 is 0 Å². The number of aliphatic hydroxyl groups excluding tert-OH is 1. The minimum atomic E-state index is -0.499. The molecule has 2 N–H and O–H groups in total. The van der Waals surface area contributed by atoms with Crippen molar-refractivity contribution in [3.05, 3.63) is 28.4 Å². The maximum atomic E-state index is 10.9. The molecule has 23 heavy (non-hydrogen) atoms. The monoisotopic (exact) mass is 319 g/mol. The second-order valence-corrected chi connectivity index (χ2v) is 6.04. The molecule has 2 atom stereocenters. The standard InChI is InChI=1S/C15H21N5O3/c21-12-6-2-1-4-11(12)5-3-9-16-13-7-8-14-17-10-15(20(22)23)19(14)18-13/h7-8,10-12,21H,1-6,9H2,(H,16,18). The number of fused-ring (bicyclic) bond motifs is 1. The van der Waals surface area contributed by atoms with E-state index in [-0.39, 0.29) is 11.9 Å². The van der Waals surface area contributed by atoms with E-state index in [9.17, 15) is 15.2 Å². The molecule has 1 aliphatic carbocycles. The number of imidazole rings is 1. The molecule has 8 nitrogen and oxygen atoms in total. The molecular weight excluding hydrogens is 298 g/mol. The Bertz CT molecular complexity index is 687. The number of anilines is 1. The van der Waals surface area contributed by atoms with E-state index < -0.39 is 4.92 Å². The second kappa shape index (κ2) is 6.91. The lowest BCUT2D eigenvalue weighted by Gasteiger charge is -2.27. The van der Waals surface area contributed by atoms with Crippen molar-refractivity contribution >= 4 is 17.3 Å². The summed E-state index contributed by atoms with van der Waals surface area (Å²) in [5.41, 5.74) is 0.451. The third-order valence-electron chi connectivity index (χ3n) is 4.46. The molecule has 1 saturated carbocycles.